The Labute approximate surface area is 121 Å². The SMILES string of the molecule is Cc1c(N)c(Br)c2c(c1[N+](=O)[O-])C(C)(C)CC2(C)C. The molecule has 2 rings (SSSR count). The zero-order valence-corrected chi connectivity index (χ0v) is 13.5. The molecule has 0 radical (unpaired) electrons. The van der Waals surface area contributed by atoms with E-state index >= 15 is 0 Å². The van der Waals surface area contributed by atoms with Crippen LogP contribution in [0.4, 0.5) is 11.4 Å². The summed E-state index contributed by atoms with van der Waals surface area (Å²) < 4.78 is 0.821. The van der Waals surface area contributed by atoms with Crippen LogP contribution in [0.2, 0.25) is 0 Å². The smallest absolute Gasteiger partial charge is 0.278 e. The third-order valence-corrected chi connectivity index (χ3v) is 4.95. The molecule has 0 atom stereocenters. The van der Waals surface area contributed by atoms with Crippen molar-refractivity contribution in [2.24, 2.45) is 0 Å². The normalized spacial score (nSPS) is 19.3. The maximum absolute atomic E-state index is 11.5. The van der Waals surface area contributed by atoms with Crippen molar-refractivity contribution in [2.45, 2.75) is 51.9 Å². The monoisotopic (exact) mass is 326 g/mol. The van der Waals surface area contributed by atoms with Crippen LogP contribution < -0.4 is 5.73 Å². The van der Waals surface area contributed by atoms with E-state index in [0.717, 1.165) is 22.0 Å². The molecule has 2 N–H and O–H groups in total. The second-order valence-electron chi connectivity index (χ2n) is 6.65. The van der Waals surface area contributed by atoms with Gasteiger partial charge in [-0.05, 0) is 45.7 Å². The summed E-state index contributed by atoms with van der Waals surface area (Å²) >= 11 is 3.54. The molecule has 4 nitrogen and oxygen atoms in total. The van der Waals surface area contributed by atoms with Crippen molar-refractivity contribution in [3.8, 4) is 0 Å². The predicted molar refractivity (Wildman–Crippen MR) is 80.6 cm³/mol. The number of hydrogen-bond donors (Lipinski definition) is 1. The topological polar surface area (TPSA) is 69.2 Å². The highest BCUT2D eigenvalue weighted by atomic mass is 79.9. The molecule has 0 fully saturated rings. The Morgan fingerprint density at radius 3 is 2.16 bits per heavy atom. The lowest BCUT2D eigenvalue weighted by molar-refractivity contribution is -0.386. The van der Waals surface area contributed by atoms with Crippen molar-refractivity contribution in [1.29, 1.82) is 0 Å². The Hall–Kier alpha value is -1.10. The number of halogens is 1. The van der Waals surface area contributed by atoms with Gasteiger partial charge in [0.05, 0.1) is 16.2 Å². The average molecular weight is 327 g/mol. The lowest BCUT2D eigenvalue weighted by atomic mass is 9.81. The predicted octanol–water partition coefficient (Wildman–Crippen LogP) is 4.21. The van der Waals surface area contributed by atoms with Crippen LogP contribution >= 0.6 is 15.9 Å². The quantitative estimate of drug-likeness (QED) is 0.477. The van der Waals surface area contributed by atoms with Crippen LogP contribution in [-0.4, -0.2) is 4.92 Å². The summed E-state index contributed by atoms with van der Waals surface area (Å²) in [7, 11) is 0. The molecule has 0 heterocycles. The first-order valence-corrected chi connectivity index (χ1v) is 7.07. The Balaban J connectivity index is 3.00. The van der Waals surface area contributed by atoms with Gasteiger partial charge in [-0.3, -0.25) is 10.1 Å². The molecule has 0 saturated heterocycles. The number of anilines is 1. The molecule has 1 aliphatic rings. The fourth-order valence-corrected chi connectivity index (χ4v) is 4.68. The fourth-order valence-electron chi connectivity index (χ4n) is 3.65. The number of fused-ring (bicyclic) bond motifs is 1. The first-order chi connectivity index (χ1) is 8.50. The van der Waals surface area contributed by atoms with Gasteiger partial charge in [-0.15, -0.1) is 0 Å². The lowest BCUT2D eigenvalue weighted by Crippen LogP contribution is -2.18. The van der Waals surface area contributed by atoms with Gasteiger partial charge in [-0.25, -0.2) is 0 Å². The van der Waals surface area contributed by atoms with E-state index in [1.54, 1.807) is 6.92 Å². The first-order valence-electron chi connectivity index (χ1n) is 6.27. The standard InChI is InChI=1S/C14H19BrN2O2/c1-7-11(16)10(15)8-9(12(7)17(18)19)14(4,5)6-13(8,2)3/h6,16H2,1-5H3. The largest absolute Gasteiger partial charge is 0.397 e. The van der Waals surface area contributed by atoms with Crippen LogP contribution in [0.1, 0.15) is 50.8 Å². The minimum Gasteiger partial charge on any atom is -0.397 e. The maximum Gasteiger partial charge on any atom is 0.278 e. The molecule has 1 aromatic rings. The highest BCUT2D eigenvalue weighted by Crippen LogP contribution is 2.57. The van der Waals surface area contributed by atoms with Gasteiger partial charge < -0.3 is 5.73 Å². The van der Waals surface area contributed by atoms with E-state index in [0.29, 0.717) is 11.3 Å². The third kappa shape index (κ3) is 1.86. The van der Waals surface area contributed by atoms with Gasteiger partial charge in [0, 0.05) is 10.0 Å². The van der Waals surface area contributed by atoms with E-state index in [-0.39, 0.29) is 21.4 Å². The summed E-state index contributed by atoms with van der Waals surface area (Å²) in [5.74, 6) is 0. The van der Waals surface area contributed by atoms with Crippen molar-refractivity contribution in [3.63, 3.8) is 0 Å². The van der Waals surface area contributed by atoms with Gasteiger partial charge in [0.1, 0.15) is 0 Å². The molecule has 0 amide bonds. The number of hydrogen-bond acceptors (Lipinski definition) is 3. The minimum absolute atomic E-state index is 0.121. The van der Waals surface area contributed by atoms with Crippen LogP contribution in [0, 0.1) is 17.0 Å². The van der Waals surface area contributed by atoms with E-state index < -0.39 is 0 Å². The van der Waals surface area contributed by atoms with Gasteiger partial charge in [-0.1, -0.05) is 27.7 Å². The molecular formula is C14H19BrN2O2. The summed E-state index contributed by atoms with van der Waals surface area (Å²) in [5.41, 5.74) is 8.76. The molecule has 0 bridgehead atoms. The Morgan fingerprint density at radius 2 is 1.68 bits per heavy atom. The summed E-state index contributed by atoms with van der Waals surface area (Å²) in [6, 6.07) is 0. The second-order valence-corrected chi connectivity index (χ2v) is 7.45. The Bertz CT molecular complexity index is 592. The van der Waals surface area contributed by atoms with Crippen molar-refractivity contribution < 1.29 is 4.92 Å². The molecule has 0 spiro atoms. The highest BCUT2D eigenvalue weighted by molar-refractivity contribution is 9.10. The van der Waals surface area contributed by atoms with Gasteiger partial charge in [0.2, 0.25) is 0 Å². The third-order valence-electron chi connectivity index (χ3n) is 4.12. The lowest BCUT2D eigenvalue weighted by Gasteiger charge is -2.22. The van der Waals surface area contributed by atoms with Gasteiger partial charge in [0.25, 0.3) is 5.69 Å². The van der Waals surface area contributed by atoms with Crippen LogP contribution in [-0.2, 0) is 10.8 Å². The van der Waals surface area contributed by atoms with Crippen molar-refractivity contribution >= 4 is 27.3 Å². The Kier molecular flexibility index (Phi) is 2.97. The van der Waals surface area contributed by atoms with Crippen LogP contribution in [0.3, 0.4) is 0 Å². The second kappa shape index (κ2) is 3.95. The molecular weight excluding hydrogens is 308 g/mol. The number of nitro groups is 1. The number of nitrogens with zero attached hydrogens (tertiary/aromatic N) is 1. The van der Waals surface area contributed by atoms with E-state index in [9.17, 15) is 10.1 Å². The van der Waals surface area contributed by atoms with Crippen molar-refractivity contribution in [1.82, 2.24) is 0 Å². The fraction of sp³-hybridized carbons (Fsp3) is 0.571. The number of nitro benzene ring substituents is 1. The van der Waals surface area contributed by atoms with E-state index in [1.807, 2.05) is 0 Å². The van der Waals surface area contributed by atoms with Gasteiger partial charge in [-0.2, -0.15) is 0 Å². The molecule has 0 aromatic heterocycles. The number of nitrogens with two attached hydrogens (primary N) is 1. The molecule has 104 valence electrons. The molecule has 1 aliphatic carbocycles. The molecule has 1 aromatic carbocycles. The summed E-state index contributed by atoms with van der Waals surface area (Å²) in [4.78, 5) is 11.2. The summed E-state index contributed by atoms with van der Waals surface area (Å²) in [6.45, 7) is 10.1. The molecule has 0 unspecified atom stereocenters. The molecule has 5 heteroatoms. The molecule has 0 saturated carbocycles. The minimum atomic E-state index is -0.292. The van der Waals surface area contributed by atoms with E-state index in [1.165, 1.54) is 0 Å². The maximum atomic E-state index is 11.5. The number of benzene rings is 1. The molecule has 0 aliphatic heterocycles. The van der Waals surface area contributed by atoms with Crippen LogP contribution in [0.25, 0.3) is 0 Å². The number of nitrogen functional groups attached to an aromatic ring is 1. The zero-order chi connectivity index (χ0) is 14.7. The van der Waals surface area contributed by atoms with Crippen molar-refractivity contribution in [2.75, 3.05) is 5.73 Å². The average Bonchev–Trinajstić information content (AvgIpc) is 2.40. The summed E-state index contributed by atoms with van der Waals surface area (Å²) in [6.07, 6.45) is 0.873. The van der Waals surface area contributed by atoms with Crippen molar-refractivity contribution in [3.05, 3.63) is 31.3 Å². The van der Waals surface area contributed by atoms with E-state index in [4.69, 9.17) is 5.73 Å². The van der Waals surface area contributed by atoms with Gasteiger partial charge in [0.15, 0.2) is 0 Å². The zero-order valence-electron chi connectivity index (χ0n) is 11.9. The highest BCUT2D eigenvalue weighted by Gasteiger charge is 2.48. The Morgan fingerprint density at radius 1 is 1.21 bits per heavy atom. The number of rotatable bonds is 1. The first kappa shape index (κ1) is 14.3. The summed E-state index contributed by atoms with van der Waals surface area (Å²) in [5, 5.41) is 11.5. The van der Waals surface area contributed by atoms with Gasteiger partial charge >= 0.3 is 0 Å². The van der Waals surface area contributed by atoms with Crippen LogP contribution in [0.5, 0.6) is 0 Å². The van der Waals surface area contributed by atoms with Crippen LogP contribution in [0.15, 0.2) is 4.47 Å². The molecule has 19 heavy (non-hydrogen) atoms. The van der Waals surface area contributed by atoms with E-state index in [2.05, 4.69) is 43.6 Å².